The van der Waals surface area contributed by atoms with Gasteiger partial charge in [0, 0.05) is 49.9 Å². The third-order valence-electron chi connectivity index (χ3n) is 13.2. The number of nitrogens with one attached hydrogen (secondary N) is 3. The lowest BCUT2D eigenvalue weighted by Crippen LogP contribution is -2.55. The summed E-state index contributed by atoms with van der Waals surface area (Å²) in [6.45, 7) is 7.66. The number of benzene rings is 3. The van der Waals surface area contributed by atoms with Gasteiger partial charge >= 0.3 is 12.2 Å². The Morgan fingerprint density at radius 2 is 1.54 bits per heavy atom. The summed E-state index contributed by atoms with van der Waals surface area (Å²) in [5, 5.41) is 14.6. The van der Waals surface area contributed by atoms with Crippen molar-refractivity contribution in [1.29, 1.82) is 0 Å². The Balaban J connectivity index is 1.07. The van der Waals surface area contributed by atoms with Gasteiger partial charge in [-0.3, -0.25) is 14.5 Å². The van der Waals surface area contributed by atoms with E-state index in [1.807, 2.05) is 44.2 Å². The summed E-state index contributed by atoms with van der Waals surface area (Å²) in [6, 6.07) is 11.2. The SMILES string of the molecule is COC(=O)N[C@H](C(=O)N1[C@@H](C)CC[C@H]1c1nc(Cl)c(-c2ccc3c(c2)COc2cc4c(ccc5nc([C@@H]6CC[C@H](C)N6C(=O)[C@H]([C@@H](C)OC)N(C)C(=O)O)[nH]c54)cc2-3)[nH]1)[C@@H](C)OC. The number of hydrogen-bond donors (Lipinski definition) is 4. The predicted molar refractivity (Wildman–Crippen MR) is 234 cm³/mol. The summed E-state index contributed by atoms with van der Waals surface area (Å²) >= 11 is 6.83. The molecule has 5 aromatic rings. The number of likely N-dealkylation sites (tertiary alicyclic amines) is 2. The fraction of sp³-hybridized carbons (Fsp3) is 0.467. The smallest absolute Gasteiger partial charge is 0.407 e. The maximum absolute atomic E-state index is 14.1. The minimum Gasteiger partial charge on any atom is -0.488 e. The zero-order chi connectivity index (χ0) is 45.0. The van der Waals surface area contributed by atoms with Crippen molar-refractivity contribution in [2.45, 2.75) is 108 Å². The fourth-order valence-corrected chi connectivity index (χ4v) is 9.78. The summed E-state index contributed by atoms with van der Waals surface area (Å²) in [5.41, 5.74) is 5.90. The van der Waals surface area contributed by atoms with E-state index in [-0.39, 0.29) is 35.1 Å². The molecular weight excluding hydrogens is 832 g/mol. The molecule has 18 heteroatoms. The molecule has 2 fully saturated rings. The normalized spacial score (nSPS) is 21.3. The number of rotatable bonds is 11. The van der Waals surface area contributed by atoms with E-state index < -0.39 is 42.5 Å². The number of H-pyrrole nitrogens is 2. The molecule has 334 valence electrons. The molecule has 4 N–H and O–H groups in total. The summed E-state index contributed by atoms with van der Waals surface area (Å²) in [6.07, 6.45) is -0.425. The third-order valence-corrected chi connectivity index (χ3v) is 13.4. The first kappa shape index (κ1) is 43.7. The van der Waals surface area contributed by atoms with Gasteiger partial charge in [0.25, 0.3) is 0 Å². The van der Waals surface area contributed by atoms with Gasteiger partial charge < -0.3 is 49.1 Å². The number of alkyl carbamates (subject to hydrolysis) is 1. The van der Waals surface area contributed by atoms with Crippen LogP contribution in [0.25, 0.3) is 44.2 Å². The van der Waals surface area contributed by atoms with Crippen LogP contribution in [0.4, 0.5) is 9.59 Å². The highest BCUT2D eigenvalue weighted by Crippen LogP contribution is 2.45. The Hall–Kier alpha value is -5.91. The highest BCUT2D eigenvalue weighted by atomic mass is 35.5. The number of carbonyl (C=O) groups is 4. The van der Waals surface area contributed by atoms with Crippen LogP contribution >= 0.6 is 11.6 Å². The molecule has 0 unspecified atom stereocenters. The number of aromatic nitrogens is 4. The van der Waals surface area contributed by atoms with Crippen molar-refractivity contribution < 1.29 is 43.2 Å². The molecule has 2 aromatic heterocycles. The number of aromatic amines is 2. The van der Waals surface area contributed by atoms with Crippen molar-refractivity contribution in [2.24, 2.45) is 0 Å². The number of imidazole rings is 2. The molecule has 0 radical (unpaired) electrons. The van der Waals surface area contributed by atoms with E-state index >= 15 is 0 Å². The number of halogens is 1. The highest BCUT2D eigenvalue weighted by Gasteiger charge is 2.45. The second kappa shape index (κ2) is 17.3. The molecule has 3 aliphatic rings. The van der Waals surface area contributed by atoms with Crippen LogP contribution in [-0.2, 0) is 30.4 Å². The lowest BCUT2D eigenvalue weighted by molar-refractivity contribution is -0.143. The maximum Gasteiger partial charge on any atom is 0.407 e. The van der Waals surface area contributed by atoms with Crippen LogP contribution in [0.5, 0.6) is 5.75 Å². The number of hydrogen-bond acceptors (Lipinski definition) is 10. The molecule has 0 spiro atoms. The van der Waals surface area contributed by atoms with Gasteiger partial charge in [0.1, 0.15) is 36.1 Å². The van der Waals surface area contributed by atoms with Crippen LogP contribution in [0.2, 0.25) is 5.15 Å². The maximum atomic E-state index is 14.1. The van der Waals surface area contributed by atoms with Gasteiger partial charge in [-0.25, -0.2) is 19.6 Å². The number of carbonyl (C=O) groups excluding carboxylic acids is 3. The molecule has 8 rings (SSSR count). The van der Waals surface area contributed by atoms with E-state index in [1.54, 1.807) is 23.6 Å². The molecular formula is C45H53ClN8O9. The molecule has 8 atom stereocenters. The van der Waals surface area contributed by atoms with E-state index in [0.717, 1.165) is 67.6 Å². The van der Waals surface area contributed by atoms with Crippen molar-refractivity contribution >= 4 is 57.4 Å². The Labute approximate surface area is 369 Å². The lowest BCUT2D eigenvalue weighted by Gasteiger charge is -2.36. The van der Waals surface area contributed by atoms with E-state index in [1.165, 1.54) is 28.4 Å². The number of carboxylic acid groups (broad SMARTS) is 1. The van der Waals surface area contributed by atoms with Gasteiger partial charge in [-0.2, -0.15) is 0 Å². The standard InChI is InChI=1S/C45H53ClN8O9/c1-21-9-16-33(53(21)42(55)35(23(3)60-6)50-44(57)62-8)41-48-36(39(46)51-41)26-11-13-28-27(17-26)20-63-34-19-29-25(18-30(28)34)12-14-31-37(29)49-40(47-31)32-15-10-22(2)54(32)43(56)38(24(4)61-7)52(5)45(58)59/h11-14,17-19,21-24,32-33,35,38H,9-10,15-16,20H2,1-8H3,(H,47,49)(H,48,51)(H,50,57)(H,58,59)/t21-,22-,23+,24+,32-,33-,35-,38-/m0/s1. The van der Waals surface area contributed by atoms with Gasteiger partial charge in [0.15, 0.2) is 5.15 Å². The molecule has 3 aromatic carbocycles. The van der Waals surface area contributed by atoms with Crippen LogP contribution in [-0.4, -0.2) is 128 Å². The van der Waals surface area contributed by atoms with Gasteiger partial charge in [-0.1, -0.05) is 29.8 Å². The summed E-state index contributed by atoms with van der Waals surface area (Å²) in [7, 11) is 5.58. The Kier molecular flexibility index (Phi) is 12.0. The molecule has 0 saturated carbocycles. The molecule has 5 heterocycles. The molecule has 4 amide bonds. The van der Waals surface area contributed by atoms with Crippen molar-refractivity contribution in [3.63, 3.8) is 0 Å². The summed E-state index contributed by atoms with van der Waals surface area (Å²) < 4.78 is 22.1. The first-order valence-corrected chi connectivity index (χ1v) is 21.5. The van der Waals surface area contributed by atoms with Gasteiger partial charge in [0.2, 0.25) is 11.8 Å². The zero-order valence-corrected chi connectivity index (χ0v) is 37.3. The Bertz CT molecular complexity index is 2600. The number of fused-ring (bicyclic) bond motifs is 6. The minimum atomic E-state index is -1.21. The molecule has 0 bridgehead atoms. The molecule has 0 aliphatic carbocycles. The van der Waals surface area contributed by atoms with E-state index in [0.29, 0.717) is 36.8 Å². The fourth-order valence-electron chi connectivity index (χ4n) is 9.54. The van der Waals surface area contributed by atoms with Gasteiger partial charge in [0.05, 0.1) is 48.1 Å². The largest absolute Gasteiger partial charge is 0.488 e. The number of amides is 4. The average Bonchev–Trinajstić information content (AvgIpc) is 4.08. The van der Waals surface area contributed by atoms with Crippen LogP contribution in [0.15, 0.2) is 42.5 Å². The van der Waals surface area contributed by atoms with Crippen molar-refractivity contribution in [1.82, 2.24) is 40.0 Å². The first-order valence-electron chi connectivity index (χ1n) is 21.1. The number of nitrogens with zero attached hydrogens (tertiary/aromatic N) is 5. The van der Waals surface area contributed by atoms with Crippen LogP contribution in [0.1, 0.15) is 82.7 Å². The summed E-state index contributed by atoms with van der Waals surface area (Å²) in [5.74, 6) is 1.27. The van der Waals surface area contributed by atoms with Crippen LogP contribution in [0.3, 0.4) is 0 Å². The lowest BCUT2D eigenvalue weighted by atomic mass is 9.92. The minimum absolute atomic E-state index is 0.126. The van der Waals surface area contributed by atoms with Crippen molar-refractivity contribution in [3.05, 3.63) is 64.8 Å². The monoisotopic (exact) mass is 884 g/mol. The van der Waals surface area contributed by atoms with E-state index in [4.69, 9.17) is 40.5 Å². The zero-order valence-electron chi connectivity index (χ0n) is 36.5. The predicted octanol–water partition coefficient (Wildman–Crippen LogP) is 7.20. The quantitative estimate of drug-likeness (QED) is 0.104. The number of likely N-dealkylation sites (N-methyl/N-ethyl adjacent to an activating group) is 1. The topological polar surface area (TPSA) is 205 Å². The third kappa shape index (κ3) is 7.80. The van der Waals surface area contributed by atoms with Crippen molar-refractivity contribution in [3.8, 4) is 28.1 Å². The van der Waals surface area contributed by atoms with Crippen LogP contribution in [0, 0.1) is 0 Å². The van der Waals surface area contributed by atoms with Gasteiger partial charge in [-0.15, -0.1) is 0 Å². The Morgan fingerprint density at radius 3 is 2.19 bits per heavy atom. The van der Waals surface area contributed by atoms with Crippen LogP contribution < -0.4 is 10.1 Å². The van der Waals surface area contributed by atoms with Gasteiger partial charge in [-0.05, 0) is 94.2 Å². The molecule has 3 aliphatic heterocycles. The van der Waals surface area contributed by atoms with Crippen molar-refractivity contribution in [2.75, 3.05) is 28.4 Å². The second-order valence-corrected chi connectivity index (χ2v) is 17.2. The summed E-state index contributed by atoms with van der Waals surface area (Å²) in [4.78, 5) is 73.4. The Morgan fingerprint density at radius 1 is 0.873 bits per heavy atom. The molecule has 63 heavy (non-hydrogen) atoms. The average molecular weight is 885 g/mol. The van der Waals surface area contributed by atoms with E-state index in [9.17, 15) is 24.3 Å². The number of methoxy groups -OCH3 is 3. The first-order chi connectivity index (χ1) is 30.1. The highest BCUT2D eigenvalue weighted by molar-refractivity contribution is 6.32. The molecule has 2 saturated heterocycles. The molecule has 17 nitrogen and oxygen atoms in total. The second-order valence-electron chi connectivity index (χ2n) is 16.8. The number of ether oxygens (including phenoxy) is 4. The van der Waals surface area contributed by atoms with E-state index in [2.05, 4.69) is 27.4 Å².